The molecule has 1 N–H and O–H groups in total. The Morgan fingerprint density at radius 2 is 1.55 bits per heavy atom. The number of benzene rings is 2. The van der Waals surface area contributed by atoms with Crippen LogP contribution in [0.25, 0.3) is 11.1 Å². The van der Waals surface area contributed by atoms with Crippen molar-refractivity contribution < 1.29 is 9.53 Å². The first-order valence-corrected chi connectivity index (χ1v) is 12.9. The highest BCUT2D eigenvalue weighted by Crippen LogP contribution is 2.60. The number of hydrogen-bond acceptors (Lipinski definition) is 3. The molecule has 4 heteroatoms. The van der Waals surface area contributed by atoms with E-state index in [1.165, 1.54) is 19.3 Å². The van der Waals surface area contributed by atoms with Gasteiger partial charge in [-0.2, -0.15) is 0 Å². The molecule has 2 aromatic carbocycles. The van der Waals surface area contributed by atoms with Gasteiger partial charge in [-0.1, -0.05) is 24.3 Å². The molecule has 5 aliphatic rings. The van der Waals surface area contributed by atoms with Gasteiger partial charge in [0.2, 0.25) is 5.91 Å². The fraction of sp³-hybridized carbons (Fsp3) is 0.552. The van der Waals surface area contributed by atoms with E-state index in [-0.39, 0.29) is 11.3 Å². The number of carbonyl (C=O) groups excluding carboxylic acids is 1. The third-order valence-electron chi connectivity index (χ3n) is 8.80. The molecule has 4 bridgehead atoms. The lowest BCUT2D eigenvalue weighted by Crippen LogP contribution is -2.51. The van der Waals surface area contributed by atoms with Crippen molar-refractivity contribution in [2.45, 2.75) is 57.5 Å². The zero-order chi connectivity index (χ0) is 22.4. The predicted octanol–water partition coefficient (Wildman–Crippen LogP) is 5.98. The van der Waals surface area contributed by atoms with E-state index in [0.717, 1.165) is 85.5 Å². The number of carbonyl (C=O) groups is 1. The number of nitrogens with zero attached hydrogens (tertiary/aromatic N) is 1. The van der Waals surface area contributed by atoms with Crippen molar-refractivity contribution in [1.29, 1.82) is 0 Å². The highest BCUT2D eigenvalue weighted by atomic mass is 16.5. The summed E-state index contributed by atoms with van der Waals surface area (Å²) in [6.07, 6.45) is 9.87. The van der Waals surface area contributed by atoms with Crippen LogP contribution in [0.1, 0.15) is 51.4 Å². The van der Waals surface area contributed by atoms with Gasteiger partial charge < -0.3 is 15.0 Å². The van der Waals surface area contributed by atoms with Crippen LogP contribution >= 0.6 is 0 Å². The highest BCUT2D eigenvalue weighted by molar-refractivity contribution is 5.96. The molecular formula is C29H36N2O2. The fourth-order valence-corrected chi connectivity index (χ4v) is 7.45. The number of amides is 1. The van der Waals surface area contributed by atoms with Crippen LogP contribution in [0, 0.1) is 23.2 Å². The topological polar surface area (TPSA) is 41.6 Å². The lowest BCUT2D eigenvalue weighted by atomic mass is 9.49. The van der Waals surface area contributed by atoms with Crippen LogP contribution in [-0.2, 0) is 4.79 Å². The number of anilines is 1. The van der Waals surface area contributed by atoms with Crippen LogP contribution in [0.2, 0.25) is 0 Å². The maximum absolute atomic E-state index is 13.4. The summed E-state index contributed by atoms with van der Waals surface area (Å²) in [6.45, 7) is 2.20. The third kappa shape index (κ3) is 4.30. The summed E-state index contributed by atoms with van der Waals surface area (Å²) in [5.41, 5.74) is 3.08. The lowest BCUT2D eigenvalue weighted by molar-refractivity contribution is -0.140. The first kappa shape index (κ1) is 21.2. The second-order valence-corrected chi connectivity index (χ2v) is 11.4. The molecule has 7 rings (SSSR count). The summed E-state index contributed by atoms with van der Waals surface area (Å²) in [4.78, 5) is 15.8. The summed E-state index contributed by atoms with van der Waals surface area (Å²) in [5, 5.41) is 3.31. The molecule has 33 heavy (non-hydrogen) atoms. The first-order chi connectivity index (χ1) is 16.0. The number of ether oxygens (including phenoxy) is 1. The first-order valence-electron chi connectivity index (χ1n) is 12.9. The number of rotatable bonds is 5. The summed E-state index contributed by atoms with van der Waals surface area (Å²) < 4.78 is 6.20. The number of nitrogens with one attached hydrogen (secondary N) is 1. The van der Waals surface area contributed by atoms with Crippen LogP contribution in [0.5, 0.6) is 5.75 Å². The lowest BCUT2D eigenvalue weighted by Gasteiger charge is -2.55. The number of piperidine rings is 1. The van der Waals surface area contributed by atoms with Gasteiger partial charge in [0.25, 0.3) is 0 Å². The average molecular weight is 445 g/mol. The van der Waals surface area contributed by atoms with Crippen molar-refractivity contribution in [2.24, 2.45) is 23.2 Å². The molecule has 2 aromatic rings. The minimum atomic E-state index is -0.113. The molecule has 5 fully saturated rings. The molecule has 4 aliphatic carbocycles. The zero-order valence-corrected chi connectivity index (χ0v) is 19.8. The Kier molecular flexibility index (Phi) is 5.44. The molecule has 0 spiro atoms. The second-order valence-electron chi connectivity index (χ2n) is 11.4. The molecule has 4 nitrogen and oxygen atoms in total. The Labute approximate surface area is 197 Å². The minimum Gasteiger partial charge on any atom is -0.490 e. The normalized spacial score (nSPS) is 31.5. The third-order valence-corrected chi connectivity index (χ3v) is 8.80. The second kappa shape index (κ2) is 8.47. The van der Waals surface area contributed by atoms with Crippen molar-refractivity contribution >= 4 is 11.6 Å². The van der Waals surface area contributed by atoms with E-state index in [0.29, 0.717) is 6.10 Å². The summed E-state index contributed by atoms with van der Waals surface area (Å²) in [6, 6.07) is 16.7. The molecule has 1 saturated heterocycles. The number of likely N-dealkylation sites (tertiary alicyclic amines) is 1. The maximum atomic E-state index is 13.4. The molecule has 0 unspecified atom stereocenters. The largest absolute Gasteiger partial charge is 0.490 e. The molecule has 0 atom stereocenters. The van der Waals surface area contributed by atoms with Gasteiger partial charge in [0.05, 0.1) is 5.41 Å². The Balaban J connectivity index is 1.12. The molecule has 1 heterocycles. The van der Waals surface area contributed by atoms with Gasteiger partial charge in [0, 0.05) is 18.8 Å². The Hall–Kier alpha value is -2.33. The Morgan fingerprint density at radius 3 is 2.18 bits per heavy atom. The maximum Gasteiger partial charge on any atom is 0.230 e. The Morgan fingerprint density at radius 1 is 0.909 bits per heavy atom. The average Bonchev–Trinajstić information content (AvgIpc) is 2.80. The molecule has 1 aliphatic heterocycles. The quantitative estimate of drug-likeness (QED) is 0.617. The van der Waals surface area contributed by atoms with E-state index >= 15 is 0 Å². The molecule has 4 saturated carbocycles. The highest BCUT2D eigenvalue weighted by Gasteiger charge is 2.54. The van der Waals surface area contributed by atoms with E-state index in [1.54, 1.807) is 0 Å². The van der Waals surface area contributed by atoms with Crippen molar-refractivity contribution in [2.75, 3.05) is 25.5 Å². The summed E-state index contributed by atoms with van der Waals surface area (Å²) in [5.74, 6) is 3.55. The standard InChI is InChI=1S/C29H36N2O2/c1-31-11-9-27(10-12-31)33-26-7-5-23(6-8-26)24-3-2-4-25(16-24)30-28(32)29-17-20-13-21(18-29)15-22(14-20)19-29/h2-8,16,20-22,27H,9-15,17-19H2,1H3,(H,30,32). The monoisotopic (exact) mass is 444 g/mol. The molecule has 1 amide bonds. The van der Waals surface area contributed by atoms with Gasteiger partial charge >= 0.3 is 0 Å². The number of hydrogen-bond donors (Lipinski definition) is 1. The van der Waals surface area contributed by atoms with Crippen molar-refractivity contribution in [3.05, 3.63) is 48.5 Å². The van der Waals surface area contributed by atoms with Gasteiger partial charge in [-0.05, 0) is 112 Å². The molecule has 0 aromatic heterocycles. The van der Waals surface area contributed by atoms with Gasteiger partial charge in [0.1, 0.15) is 11.9 Å². The van der Waals surface area contributed by atoms with Gasteiger partial charge in [-0.15, -0.1) is 0 Å². The smallest absolute Gasteiger partial charge is 0.230 e. The van der Waals surface area contributed by atoms with E-state index < -0.39 is 0 Å². The fourth-order valence-electron chi connectivity index (χ4n) is 7.45. The predicted molar refractivity (Wildman–Crippen MR) is 132 cm³/mol. The van der Waals surface area contributed by atoms with E-state index in [1.807, 2.05) is 12.1 Å². The van der Waals surface area contributed by atoms with E-state index in [9.17, 15) is 4.79 Å². The van der Waals surface area contributed by atoms with Crippen LogP contribution in [0.4, 0.5) is 5.69 Å². The summed E-state index contributed by atoms with van der Waals surface area (Å²) >= 11 is 0. The van der Waals surface area contributed by atoms with Gasteiger partial charge in [-0.25, -0.2) is 0 Å². The summed E-state index contributed by atoms with van der Waals surface area (Å²) in [7, 11) is 2.17. The zero-order valence-electron chi connectivity index (χ0n) is 19.8. The van der Waals surface area contributed by atoms with Crippen LogP contribution in [0.3, 0.4) is 0 Å². The molecule has 0 radical (unpaired) electrons. The van der Waals surface area contributed by atoms with Crippen LogP contribution in [0.15, 0.2) is 48.5 Å². The molecular weight excluding hydrogens is 408 g/mol. The molecule has 174 valence electrons. The van der Waals surface area contributed by atoms with Crippen molar-refractivity contribution in [3.8, 4) is 16.9 Å². The van der Waals surface area contributed by atoms with Crippen molar-refractivity contribution in [3.63, 3.8) is 0 Å². The SMILES string of the molecule is CN1CCC(Oc2ccc(-c3cccc(NC(=O)C45CC6CC(CC(C6)C4)C5)c3)cc2)CC1. The van der Waals surface area contributed by atoms with Gasteiger partial charge in [0.15, 0.2) is 0 Å². The van der Waals surface area contributed by atoms with E-state index in [4.69, 9.17) is 4.74 Å². The Bertz CT molecular complexity index is 971. The van der Waals surface area contributed by atoms with Crippen LogP contribution in [-0.4, -0.2) is 37.0 Å². The van der Waals surface area contributed by atoms with Crippen molar-refractivity contribution in [1.82, 2.24) is 4.90 Å². The van der Waals surface area contributed by atoms with E-state index in [2.05, 4.69) is 53.7 Å². The van der Waals surface area contributed by atoms with Gasteiger partial charge in [-0.3, -0.25) is 4.79 Å². The minimum absolute atomic E-state index is 0.113. The van der Waals surface area contributed by atoms with Crippen LogP contribution < -0.4 is 10.1 Å².